The lowest BCUT2D eigenvalue weighted by Crippen LogP contribution is -2.35. The lowest BCUT2D eigenvalue weighted by atomic mass is 10.2. The lowest BCUT2D eigenvalue weighted by molar-refractivity contribution is -0.134. The standard InChI is InChI=1S/C8H7BrF2N2OS/c1-4(2)8(10,11)6(14)12-5-3-15-7(9)13-5/h3H,1H2,2H3,(H,12,14). The highest BCUT2D eigenvalue weighted by Crippen LogP contribution is 2.25. The maximum Gasteiger partial charge on any atom is 0.345 e. The number of alkyl halides is 2. The van der Waals surface area contributed by atoms with E-state index in [1.807, 2.05) is 5.32 Å². The Balaban J connectivity index is 2.76. The molecule has 0 fully saturated rings. The molecule has 0 radical (unpaired) electrons. The van der Waals surface area contributed by atoms with Gasteiger partial charge >= 0.3 is 5.92 Å². The summed E-state index contributed by atoms with van der Waals surface area (Å²) in [6.07, 6.45) is 0. The summed E-state index contributed by atoms with van der Waals surface area (Å²) < 4.78 is 26.7. The number of carbonyl (C=O) groups excluding carboxylic acids is 1. The third-order valence-corrected chi connectivity index (χ3v) is 2.90. The summed E-state index contributed by atoms with van der Waals surface area (Å²) in [7, 11) is 0. The van der Waals surface area contributed by atoms with Crippen LogP contribution in [0.2, 0.25) is 0 Å². The second kappa shape index (κ2) is 4.36. The number of anilines is 1. The van der Waals surface area contributed by atoms with E-state index in [1.54, 1.807) is 0 Å². The van der Waals surface area contributed by atoms with Crippen LogP contribution < -0.4 is 5.32 Å². The van der Waals surface area contributed by atoms with E-state index < -0.39 is 17.4 Å². The molecule has 0 unspecified atom stereocenters. The fourth-order valence-corrected chi connectivity index (χ4v) is 1.64. The molecule has 3 nitrogen and oxygen atoms in total. The van der Waals surface area contributed by atoms with E-state index in [0.717, 1.165) is 6.92 Å². The topological polar surface area (TPSA) is 42.0 Å². The van der Waals surface area contributed by atoms with Crippen molar-refractivity contribution in [3.63, 3.8) is 0 Å². The number of carbonyl (C=O) groups is 1. The Morgan fingerprint density at radius 3 is 2.73 bits per heavy atom. The van der Waals surface area contributed by atoms with E-state index in [1.165, 1.54) is 16.7 Å². The van der Waals surface area contributed by atoms with Crippen LogP contribution in [0.25, 0.3) is 0 Å². The Bertz CT molecular complexity index is 405. The molecule has 0 spiro atoms. The Kier molecular flexibility index (Phi) is 3.56. The number of thiazole rings is 1. The second-order valence-corrected chi connectivity index (χ2v) is 4.93. The second-order valence-electron chi connectivity index (χ2n) is 2.79. The van der Waals surface area contributed by atoms with Crippen molar-refractivity contribution in [2.45, 2.75) is 12.8 Å². The first-order valence-electron chi connectivity index (χ1n) is 3.80. The summed E-state index contributed by atoms with van der Waals surface area (Å²) in [5, 5.41) is 3.46. The molecule has 0 aromatic carbocycles. The molecule has 0 aliphatic heterocycles. The molecular formula is C8H7BrF2N2OS. The van der Waals surface area contributed by atoms with Crippen molar-refractivity contribution < 1.29 is 13.6 Å². The van der Waals surface area contributed by atoms with E-state index in [2.05, 4.69) is 27.5 Å². The Hall–Kier alpha value is -0.820. The number of rotatable bonds is 3. The van der Waals surface area contributed by atoms with Crippen molar-refractivity contribution in [3.05, 3.63) is 21.4 Å². The minimum absolute atomic E-state index is 0.0952. The maximum atomic E-state index is 13.1. The number of amides is 1. The first-order chi connectivity index (χ1) is 6.84. The number of halogens is 3. The molecule has 1 aromatic rings. The average molecular weight is 297 g/mol. The quantitative estimate of drug-likeness (QED) is 0.871. The van der Waals surface area contributed by atoms with Gasteiger partial charge in [-0.25, -0.2) is 4.98 Å². The van der Waals surface area contributed by atoms with Gasteiger partial charge in [0.25, 0.3) is 5.91 Å². The van der Waals surface area contributed by atoms with Gasteiger partial charge in [-0.1, -0.05) is 6.58 Å². The normalized spacial score (nSPS) is 11.2. The smallest absolute Gasteiger partial charge is 0.304 e. The molecule has 1 amide bonds. The molecule has 0 aliphatic carbocycles. The van der Waals surface area contributed by atoms with Crippen molar-refractivity contribution >= 4 is 39.0 Å². The maximum absolute atomic E-state index is 13.1. The zero-order valence-corrected chi connectivity index (χ0v) is 10.1. The molecule has 7 heteroatoms. The third kappa shape index (κ3) is 2.82. The predicted molar refractivity (Wildman–Crippen MR) is 58.2 cm³/mol. The van der Waals surface area contributed by atoms with Crippen LogP contribution in [0, 0.1) is 0 Å². The van der Waals surface area contributed by atoms with Crippen molar-refractivity contribution in [2.75, 3.05) is 5.32 Å². The SMILES string of the molecule is C=C(C)C(F)(F)C(=O)Nc1csc(Br)n1. The largest absolute Gasteiger partial charge is 0.345 e. The number of hydrogen-bond donors (Lipinski definition) is 1. The van der Waals surface area contributed by atoms with Crippen LogP contribution in [0.15, 0.2) is 21.4 Å². The Morgan fingerprint density at radius 1 is 1.73 bits per heavy atom. The average Bonchev–Trinajstić information content (AvgIpc) is 2.50. The highest BCUT2D eigenvalue weighted by molar-refractivity contribution is 9.11. The van der Waals surface area contributed by atoms with Gasteiger partial charge in [-0.05, 0) is 28.4 Å². The fraction of sp³-hybridized carbons (Fsp3) is 0.250. The van der Waals surface area contributed by atoms with Crippen LogP contribution in [-0.2, 0) is 4.79 Å². The van der Waals surface area contributed by atoms with Gasteiger partial charge in [0.2, 0.25) is 0 Å². The highest BCUT2D eigenvalue weighted by Gasteiger charge is 2.39. The lowest BCUT2D eigenvalue weighted by Gasteiger charge is -2.14. The summed E-state index contributed by atoms with van der Waals surface area (Å²) in [5.41, 5.74) is -0.505. The van der Waals surface area contributed by atoms with Gasteiger partial charge < -0.3 is 5.32 Å². The van der Waals surface area contributed by atoms with Gasteiger partial charge in [0.1, 0.15) is 5.82 Å². The molecule has 0 saturated carbocycles. The zero-order chi connectivity index (χ0) is 11.6. The summed E-state index contributed by atoms with van der Waals surface area (Å²) in [6.45, 7) is 4.15. The van der Waals surface area contributed by atoms with Crippen LogP contribution in [0.1, 0.15) is 6.92 Å². The monoisotopic (exact) mass is 296 g/mol. The van der Waals surface area contributed by atoms with Gasteiger partial charge in [-0.2, -0.15) is 8.78 Å². The number of nitrogens with one attached hydrogen (secondary N) is 1. The van der Waals surface area contributed by atoms with Crippen LogP contribution in [0.3, 0.4) is 0 Å². The first-order valence-corrected chi connectivity index (χ1v) is 5.47. The molecule has 1 heterocycles. The number of nitrogens with zero attached hydrogens (tertiary/aromatic N) is 1. The van der Waals surface area contributed by atoms with E-state index in [9.17, 15) is 13.6 Å². The van der Waals surface area contributed by atoms with Gasteiger partial charge in [-0.3, -0.25) is 4.79 Å². The summed E-state index contributed by atoms with van der Waals surface area (Å²) in [6, 6.07) is 0. The summed E-state index contributed by atoms with van der Waals surface area (Å²) in [5.74, 6) is -4.90. The molecule has 1 aromatic heterocycles. The molecule has 0 bridgehead atoms. The minimum atomic E-state index is -3.57. The zero-order valence-electron chi connectivity index (χ0n) is 7.68. The van der Waals surface area contributed by atoms with E-state index in [-0.39, 0.29) is 5.82 Å². The Labute approximate surface area is 97.3 Å². The van der Waals surface area contributed by atoms with Gasteiger partial charge in [0.05, 0.1) is 0 Å². The van der Waals surface area contributed by atoms with Crippen molar-refractivity contribution in [1.29, 1.82) is 0 Å². The van der Waals surface area contributed by atoms with E-state index in [4.69, 9.17) is 0 Å². The minimum Gasteiger partial charge on any atom is -0.304 e. The van der Waals surface area contributed by atoms with E-state index in [0.29, 0.717) is 3.92 Å². The third-order valence-electron chi connectivity index (χ3n) is 1.54. The van der Waals surface area contributed by atoms with Crippen molar-refractivity contribution in [1.82, 2.24) is 4.98 Å². The van der Waals surface area contributed by atoms with Crippen molar-refractivity contribution in [3.8, 4) is 0 Å². The van der Waals surface area contributed by atoms with Gasteiger partial charge in [-0.15, -0.1) is 11.3 Å². The molecular weight excluding hydrogens is 290 g/mol. The molecule has 0 atom stereocenters. The molecule has 1 rings (SSSR count). The van der Waals surface area contributed by atoms with Crippen LogP contribution >= 0.6 is 27.3 Å². The molecule has 0 saturated heterocycles. The molecule has 15 heavy (non-hydrogen) atoms. The van der Waals surface area contributed by atoms with Crippen LogP contribution in [0.4, 0.5) is 14.6 Å². The van der Waals surface area contributed by atoms with Crippen LogP contribution in [0.5, 0.6) is 0 Å². The fourth-order valence-electron chi connectivity index (χ4n) is 0.698. The molecule has 0 aliphatic rings. The summed E-state index contributed by atoms with van der Waals surface area (Å²) in [4.78, 5) is 14.9. The predicted octanol–water partition coefficient (Wildman–Crippen LogP) is 3.06. The Morgan fingerprint density at radius 2 is 2.33 bits per heavy atom. The van der Waals surface area contributed by atoms with Gasteiger partial charge in [0, 0.05) is 5.38 Å². The van der Waals surface area contributed by atoms with E-state index >= 15 is 0 Å². The van der Waals surface area contributed by atoms with Crippen LogP contribution in [-0.4, -0.2) is 16.8 Å². The van der Waals surface area contributed by atoms with Gasteiger partial charge in [0.15, 0.2) is 3.92 Å². The highest BCUT2D eigenvalue weighted by atomic mass is 79.9. The molecule has 1 N–H and O–H groups in total. The molecule has 82 valence electrons. The number of aromatic nitrogens is 1. The van der Waals surface area contributed by atoms with Crippen molar-refractivity contribution in [2.24, 2.45) is 0 Å². The summed E-state index contributed by atoms with van der Waals surface area (Å²) >= 11 is 4.24. The number of hydrogen-bond acceptors (Lipinski definition) is 3. The first kappa shape index (κ1) is 12.3.